The Kier molecular flexibility index (Phi) is 6.05. The van der Waals surface area contributed by atoms with Crippen molar-refractivity contribution in [3.8, 4) is 28.7 Å². The highest BCUT2D eigenvalue weighted by Gasteiger charge is 2.17. The van der Waals surface area contributed by atoms with Crippen molar-refractivity contribution < 1.29 is 13.9 Å². The summed E-state index contributed by atoms with van der Waals surface area (Å²) in [5.41, 5.74) is 2.22. The van der Waals surface area contributed by atoms with Crippen molar-refractivity contribution in [2.45, 2.75) is 0 Å². The summed E-state index contributed by atoms with van der Waals surface area (Å²) in [5, 5.41) is 11.8. The molecule has 0 unspecified atom stereocenters. The molecule has 0 atom stereocenters. The van der Waals surface area contributed by atoms with Crippen LogP contribution in [-0.4, -0.2) is 27.7 Å². The van der Waals surface area contributed by atoms with Gasteiger partial charge in [-0.3, -0.25) is 9.78 Å². The molecule has 4 rings (SSSR count). The zero-order valence-electron chi connectivity index (χ0n) is 16.3. The van der Waals surface area contributed by atoms with E-state index in [0.29, 0.717) is 40.1 Å². The highest BCUT2D eigenvalue weighted by atomic mass is 35.5. The molecule has 1 amide bonds. The lowest BCUT2D eigenvalue weighted by Crippen LogP contribution is -2.12. The summed E-state index contributed by atoms with van der Waals surface area (Å²) < 4.78 is 11.5. The molecule has 2 heterocycles. The number of benzene rings is 2. The molecule has 0 saturated carbocycles. The number of anilines is 1. The topological polar surface area (TPSA) is 90.1 Å². The molecule has 1 N–H and O–H groups in total. The Morgan fingerprint density at radius 3 is 2.55 bits per heavy atom. The minimum absolute atomic E-state index is 0.235. The number of halogens is 1. The molecule has 7 nitrogen and oxygen atoms in total. The van der Waals surface area contributed by atoms with Gasteiger partial charge in [0.05, 0.1) is 11.3 Å². The molecular weight excluding hydrogens is 416 g/mol. The first kappa shape index (κ1) is 20.3. The van der Waals surface area contributed by atoms with Crippen molar-refractivity contribution in [3.63, 3.8) is 0 Å². The van der Waals surface area contributed by atoms with Crippen molar-refractivity contribution in [1.82, 2.24) is 15.2 Å². The van der Waals surface area contributed by atoms with Crippen LogP contribution in [0.15, 0.2) is 84.1 Å². The molecule has 0 bridgehead atoms. The maximum atomic E-state index is 12.7. The van der Waals surface area contributed by atoms with Gasteiger partial charge in [0.2, 0.25) is 11.8 Å². The average molecular weight is 433 g/mol. The fraction of sp³-hybridized carbons (Fsp3) is 0.0435. The Bertz CT molecular complexity index is 1210. The standard InChI is InChI=1S/C23H17ClN4O3/c1-2-13-30-18-7-8-20(26-21(29)15-9-11-25-12-10-15)19(14-18)23-28-27-22(31-23)16-3-5-17(24)6-4-16/h2-12,14H,1,13H2,(H,26,29). The second-order valence-corrected chi connectivity index (χ2v) is 6.85. The Balaban J connectivity index is 1.69. The van der Waals surface area contributed by atoms with Gasteiger partial charge in [-0.05, 0) is 54.6 Å². The van der Waals surface area contributed by atoms with Crippen molar-refractivity contribution in [2.75, 3.05) is 11.9 Å². The van der Waals surface area contributed by atoms with Crippen LogP contribution in [0.25, 0.3) is 22.9 Å². The van der Waals surface area contributed by atoms with E-state index in [-0.39, 0.29) is 11.8 Å². The molecule has 8 heteroatoms. The molecular formula is C23H17ClN4O3. The number of nitrogens with one attached hydrogen (secondary N) is 1. The van der Waals surface area contributed by atoms with Crippen LogP contribution in [0.1, 0.15) is 10.4 Å². The van der Waals surface area contributed by atoms with E-state index in [0.717, 1.165) is 5.56 Å². The maximum absolute atomic E-state index is 12.7. The van der Waals surface area contributed by atoms with E-state index >= 15 is 0 Å². The Morgan fingerprint density at radius 2 is 1.81 bits per heavy atom. The van der Waals surface area contributed by atoms with Gasteiger partial charge in [0, 0.05) is 28.5 Å². The largest absolute Gasteiger partial charge is 0.490 e. The molecule has 0 saturated heterocycles. The number of rotatable bonds is 7. The number of ether oxygens (including phenoxy) is 1. The number of hydrogen-bond acceptors (Lipinski definition) is 6. The van der Waals surface area contributed by atoms with E-state index in [2.05, 4.69) is 27.1 Å². The molecule has 2 aromatic heterocycles. The van der Waals surface area contributed by atoms with E-state index < -0.39 is 0 Å². The third-order valence-corrected chi connectivity index (χ3v) is 4.55. The fourth-order valence-electron chi connectivity index (χ4n) is 2.79. The van der Waals surface area contributed by atoms with Crippen LogP contribution in [0.3, 0.4) is 0 Å². The van der Waals surface area contributed by atoms with Crippen LogP contribution >= 0.6 is 11.6 Å². The molecule has 4 aromatic rings. The van der Waals surface area contributed by atoms with Gasteiger partial charge < -0.3 is 14.5 Å². The quantitative estimate of drug-likeness (QED) is 0.400. The molecule has 0 fully saturated rings. The summed E-state index contributed by atoms with van der Waals surface area (Å²) >= 11 is 5.95. The Morgan fingerprint density at radius 1 is 1.06 bits per heavy atom. The minimum atomic E-state index is -0.291. The van der Waals surface area contributed by atoms with Crippen LogP contribution < -0.4 is 10.1 Å². The minimum Gasteiger partial charge on any atom is -0.490 e. The van der Waals surface area contributed by atoms with E-state index in [1.807, 2.05) is 0 Å². The summed E-state index contributed by atoms with van der Waals surface area (Å²) in [6, 6.07) is 15.5. The van der Waals surface area contributed by atoms with E-state index in [1.54, 1.807) is 73.1 Å². The summed E-state index contributed by atoms with van der Waals surface area (Å²) in [4.78, 5) is 16.6. The monoisotopic (exact) mass is 432 g/mol. The zero-order valence-corrected chi connectivity index (χ0v) is 17.0. The highest BCUT2D eigenvalue weighted by molar-refractivity contribution is 6.30. The third-order valence-electron chi connectivity index (χ3n) is 4.30. The summed E-state index contributed by atoms with van der Waals surface area (Å²) in [6.45, 7) is 3.99. The molecule has 31 heavy (non-hydrogen) atoms. The number of pyridine rings is 1. The Hall–Kier alpha value is -3.97. The van der Waals surface area contributed by atoms with E-state index in [1.165, 1.54) is 0 Å². The van der Waals surface area contributed by atoms with Crippen LogP contribution in [0.4, 0.5) is 5.69 Å². The van der Waals surface area contributed by atoms with Gasteiger partial charge in [-0.1, -0.05) is 24.3 Å². The lowest BCUT2D eigenvalue weighted by molar-refractivity contribution is 0.102. The highest BCUT2D eigenvalue weighted by Crippen LogP contribution is 2.33. The van der Waals surface area contributed by atoms with Crippen LogP contribution in [0.2, 0.25) is 5.02 Å². The Labute approximate surface area is 183 Å². The first-order valence-corrected chi connectivity index (χ1v) is 9.71. The van der Waals surface area contributed by atoms with Gasteiger partial charge in [-0.2, -0.15) is 0 Å². The van der Waals surface area contributed by atoms with Crippen LogP contribution in [0, 0.1) is 0 Å². The van der Waals surface area contributed by atoms with E-state index in [4.69, 9.17) is 20.8 Å². The summed E-state index contributed by atoms with van der Waals surface area (Å²) in [7, 11) is 0. The van der Waals surface area contributed by atoms with Gasteiger partial charge >= 0.3 is 0 Å². The smallest absolute Gasteiger partial charge is 0.255 e. The first-order valence-electron chi connectivity index (χ1n) is 9.33. The lowest BCUT2D eigenvalue weighted by Gasteiger charge is -2.11. The van der Waals surface area contributed by atoms with Gasteiger partial charge in [-0.15, -0.1) is 10.2 Å². The first-order chi connectivity index (χ1) is 15.1. The third kappa shape index (κ3) is 4.79. The normalized spacial score (nSPS) is 10.5. The number of amides is 1. The van der Waals surface area contributed by atoms with Gasteiger partial charge in [-0.25, -0.2) is 0 Å². The van der Waals surface area contributed by atoms with Crippen molar-refractivity contribution >= 4 is 23.2 Å². The second kappa shape index (κ2) is 9.23. The number of carbonyl (C=O) groups is 1. The zero-order chi connectivity index (χ0) is 21.6. The van der Waals surface area contributed by atoms with Crippen molar-refractivity contribution in [1.29, 1.82) is 0 Å². The predicted octanol–water partition coefficient (Wildman–Crippen LogP) is 5.27. The second-order valence-electron chi connectivity index (χ2n) is 6.42. The molecule has 0 aliphatic heterocycles. The van der Waals surface area contributed by atoms with Crippen molar-refractivity contribution in [3.05, 3.63) is 90.2 Å². The van der Waals surface area contributed by atoms with Gasteiger partial charge in [0.1, 0.15) is 12.4 Å². The average Bonchev–Trinajstić information content (AvgIpc) is 3.29. The number of hydrogen-bond donors (Lipinski definition) is 1. The molecule has 0 aliphatic rings. The summed E-state index contributed by atoms with van der Waals surface area (Å²) in [5.74, 6) is 0.846. The van der Waals surface area contributed by atoms with Gasteiger partial charge in [0.15, 0.2) is 0 Å². The molecule has 154 valence electrons. The SMILES string of the molecule is C=CCOc1ccc(NC(=O)c2ccncc2)c(-c2nnc(-c3ccc(Cl)cc3)o2)c1. The lowest BCUT2D eigenvalue weighted by atomic mass is 10.1. The summed E-state index contributed by atoms with van der Waals surface area (Å²) in [6.07, 6.45) is 4.75. The molecule has 0 radical (unpaired) electrons. The molecule has 0 aliphatic carbocycles. The molecule has 0 spiro atoms. The van der Waals surface area contributed by atoms with Gasteiger partial charge in [0.25, 0.3) is 5.91 Å². The van der Waals surface area contributed by atoms with Crippen LogP contribution in [0.5, 0.6) is 5.75 Å². The van der Waals surface area contributed by atoms with E-state index in [9.17, 15) is 4.79 Å². The number of aromatic nitrogens is 3. The molecule has 2 aromatic carbocycles. The fourth-order valence-corrected chi connectivity index (χ4v) is 2.92. The number of carbonyl (C=O) groups excluding carboxylic acids is 1. The van der Waals surface area contributed by atoms with Crippen molar-refractivity contribution in [2.24, 2.45) is 0 Å². The maximum Gasteiger partial charge on any atom is 0.255 e. The van der Waals surface area contributed by atoms with Crippen LogP contribution in [-0.2, 0) is 0 Å². The number of nitrogens with zero attached hydrogens (tertiary/aromatic N) is 3. The predicted molar refractivity (Wildman–Crippen MR) is 118 cm³/mol.